The van der Waals surface area contributed by atoms with E-state index < -0.39 is 5.54 Å². The van der Waals surface area contributed by atoms with E-state index in [1.165, 1.54) is 5.56 Å². The highest BCUT2D eigenvalue weighted by Gasteiger charge is 2.20. The fourth-order valence-corrected chi connectivity index (χ4v) is 2.23. The molecule has 4 nitrogen and oxygen atoms in total. The molecule has 1 aromatic carbocycles. The molecule has 1 heterocycles. The maximum absolute atomic E-state index is 9.29. The van der Waals surface area contributed by atoms with Crippen LogP contribution in [0.5, 0.6) is 0 Å². The minimum atomic E-state index is -0.449. The van der Waals surface area contributed by atoms with Gasteiger partial charge < -0.3 is 10.8 Å². The summed E-state index contributed by atoms with van der Waals surface area (Å²) in [6.45, 7) is 2.88. The van der Waals surface area contributed by atoms with Crippen LogP contribution in [0.25, 0.3) is 11.1 Å². The molecule has 3 N–H and O–H groups in total. The van der Waals surface area contributed by atoms with Crippen molar-refractivity contribution in [3.8, 4) is 11.1 Å². The van der Waals surface area contributed by atoms with Gasteiger partial charge in [-0.3, -0.25) is 4.68 Å². The van der Waals surface area contributed by atoms with Gasteiger partial charge in [-0.05, 0) is 24.8 Å². The van der Waals surface area contributed by atoms with E-state index in [1.807, 2.05) is 36.0 Å². The van der Waals surface area contributed by atoms with Crippen molar-refractivity contribution in [2.75, 3.05) is 6.61 Å². The van der Waals surface area contributed by atoms with E-state index in [4.69, 9.17) is 5.73 Å². The van der Waals surface area contributed by atoms with Crippen LogP contribution in [0.1, 0.15) is 26.2 Å². The molecule has 1 aromatic heterocycles. The largest absolute Gasteiger partial charge is 0.394 e. The van der Waals surface area contributed by atoms with Gasteiger partial charge in [0.25, 0.3) is 0 Å². The van der Waals surface area contributed by atoms with Crippen molar-refractivity contribution in [2.45, 2.75) is 38.3 Å². The zero-order valence-electron chi connectivity index (χ0n) is 12.0. The zero-order valence-corrected chi connectivity index (χ0v) is 12.0. The van der Waals surface area contributed by atoms with Crippen LogP contribution in [0.15, 0.2) is 42.7 Å². The van der Waals surface area contributed by atoms with Gasteiger partial charge in [-0.25, -0.2) is 0 Å². The number of benzene rings is 1. The SMILES string of the molecule is CCC(N)(CO)CCCn1cc(-c2ccccc2)cn1. The van der Waals surface area contributed by atoms with E-state index in [9.17, 15) is 5.11 Å². The quantitative estimate of drug-likeness (QED) is 0.814. The average Bonchev–Trinajstić information content (AvgIpc) is 2.97. The van der Waals surface area contributed by atoms with Crippen LogP contribution in [0.3, 0.4) is 0 Å². The molecule has 0 saturated carbocycles. The Morgan fingerprint density at radius 2 is 2.00 bits per heavy atom. The summed E-state index contributed by atoms with van der Waals surface area (Å²) in [7, 11) is 0. The predicted molar refractivity (Wildman–Crippen MR) is 81.2 cm³/mol. The fraction of sp³-hybridized carbons (Fsp3) is 0.438. The summed E-state index contributed by atoms with van der Waals surface area (Å²) in [5.41, 5.74) is 7.93. The molecule has 20 heavy (non-hydrogen) atoms. The first-order valence-corrected chi connectivity index (χ1v) is 7.14. The highest BCUT2D eigenvalue weighted by molar-refractivity contribution is 5.61. The third kappa shape index (κ3) is 3.68. The summed E-state index contributed by atoms with van der Waals surface area (Å²) >= 11 is 0. The molecule has 0 amide bonds. The summed E-state index contributed by atoms with van der Waals surface area (Å²) in [4.78, 5) is 0. The first kappa shape index (κ1) is 14.8. The Labute approximate surface area is 120 Å². The molecule has 1 unspecified atom stereocenters. The lowest BCUT2D eigenvalue weighted by Crippen LogP contribution is -2.43. The Morgan fingerprint density at radius 3 is 2.65 bits per heavy atom. The first-order chi connectivity index (χ1) is 9.67. The number of aryl methyl sites for hydroxylation is 1. The van der Waals surface area contributed by atoms with Gasteiger partial charge in [0, 0.05) is 23.8 Å². The van der Waals surface area contributed by atoms with Crippen LogP contribution >= 0.6 is 0 Å². The van der Waals surface area contributed by atoms with Crippen molar-refractivity contribution < 1.29 is 5.11 Å². The average molecular weight is 273 g/mol. The number of aromatic nitrogens is 2. The van der Waals surface area contributed by atoms with Gasteiger partial charge >= 0.3 is 0 Å². The lowest BCUT2D eigenvalue weighted by Gasteiger charge is -2.25. The molecule has 1 atom stereocenters. The van der Waals surface area contributed by atoms with Crippen molar-refractivity contribution in [1.82, 2.24) is 9.78 Å². The number of aliphatic hydroxyl groups excluding tert-OH is 1. The molecule has 0 saturated heterocycles. The molecule has 0 radical (unpaired) electrons. The molecule has 0 aliphatic rings. The Hall–Kier alpha value is -1.65. The maximum Gasteiger partial charge on any atom is 0.0611 e. The minimum absolute atomic E-state index is 0.0396. The van der Waals surface area contributed by atoms with Gasteiger partial charge in [0.05, 0.1) is 12.8 Å². The molecule has 4 heteroatoms. The highest BCUT2D eigenvalue weighted by atomic mass is 16.3. The van der Waals surface area contributed by atoms with Crippen LogP contribution in [0.2, 0.25) is 0 Å². The fourth-order valence-electron chi connectivity index (χ4n) is 2.23. The summed E-state index contributed by atoms with van der Waals surface area (Å²) < 4.78 is 1.94. The van der Waals surface area contributed by atoms with E-state index in [0.29, 0.717) is 0 Å². The molecule has 0 bridgehead atoms. The van der Waals surface area contributed by atoms with Gasteiger partial charge in [-0.1, -0.05) is 37.3 Å². The van der Waals surface area contributed by atoms with Crippen molar-refractivity contribution >= 4 is 0 Å². The molecule has 0 aliphatic carbocycles. The highest BCUT2D eigenvalue weighted by Crippen LogP contribution is 2.18. The van der Waals surface area contributed by atoms with Gasteiger partial charge in [0.15, 0.2) is 0 Å². The van der Waals surface area contributed by atoms with E-state index >= 15 is 0 Å². The molecule has 0 aliphatic heterocycles. The van der Waals surface area contributed by atoms with E-state index in [-0.39, 0.29) is 6.61 Å². The summed E-state index contributed by atoms with van der Waals surface area (Å²) in [5.74, 6) is 0. The maximum atomic E-state index is 9.29. The van der Waals surface area contributed by atoms with Crippen LogP contribution in [-0.2, 0) is 6.54 Å². The van der Waals surface area contributed by atoms with Crippen molar-refractivity contribution in [2.24, 2.45) is 5.73 Å². The third-order valence-electron chi connectivity index (χ3n) is 3.82. The van der Waals surface area contributed by atoms with Crippen molar-refractivity contribution in [3.05, 3.63) is 42.7 Å². The van der Waals surface area contributed by atoms with Gasteiger partial charge in [-0.2, -0.15) is 5.10 Å². The molecule has 0 spiro atoms. The molecule has 2 rings (SSSR count). The molecular formula is C16H23N3O. The van der Waals surface area contributed by atoms with Gasteiger partial charge in [0.2, 0.25) is 0 Å². The Kier molecular flexibility index (Phi) is 4.93. The Bertz CT molecular complexity index is 518. The van der Waals surface area contributed by atoms with Crippen LogP contribution in [-0.4, -0.2) is 27.0 Å². The second-order valence-electron chi connectivity index (χ2n) is 5.34. The van der Waals surface area contributed by atoms with Gasteiger partial charge in [-0.15, -0.1) is 0 Å². The standard InChI is InChI=1S/C16H23N3O/c1-2-16(17,13-20)9-6-10-19-12-15(11-18-19)14-7-4-3-5-8-14/h3-5,7-8,11-12,20H,2,6,9-10,13,17H2,1H3. The predicted octanol–water partition coefficient (Wildman–Crippen LogP) is 2.43. The number of nitrogens with zero attached hydrogens (tertiary/aromatic N) is 2. The summed E-state index contributed by atoms with van der Waals surface area (Å²) in [6.07, 6.45) is 6.45. The molecule has 108 valence electrons. The zero-order chi connectivity index (χ0) is 14.4. The van der Waals surface area contributed by atoms with E-state index in [2.05, 4.69) is 23.4 Å². The number of aliphatic hydroxyl groups is 1. The smallest absolute Gasteiger partial charge is 0.0611 e. The Morgan fingerprint density at radius 1 is 1.25 bits per heavy atom. The second-order valence-corrected chi connectivity index (χ2v) is 5.34. The summed E-state index contributed by atoms with van der Waals surface area (Å²) in [6, 6.07) is 10.2. The lowest BCUT2D eigenvalue weighted by molar-refractivity contribution is 0.178. The number of hydrogen-bond acceptors (Lipinski definition) is 3. The lowest BCUT2D eigenvalue weighted by atomic mass is 9.93. The van der Waals surface area contributed by atoms with Crippen molar-refractivity contribution in [3.63, 3.8) is 0 Å². The topological polar surface area (TPSA) is 64.1 Å². The second kappa shape index (κ2) is 6.68. The van der Waals surface area contributed by atoms with Gasteiger partial charge in [0.1, 0.15) is 0 Å². The first-order valence-electron chi connectivity index (χ1n) is 7.14. The third-order valence-corrected chi connectivity index (χ3v) is 3.82. The summed E-state index contributed by atoms with van der Waals surface area (Å²) in [5, 5.41) is 13.7. The number of hydrogen-bond donors (Lipinski definition) is 2. The van der Waals surface area contributed by atoms with Crippen LogP contribution in [0, 0.1) is 0 Å². The Balaban J connectivity index is 1.91. The van der Waals surface area contributed by atoms with E-state index in [0.717, 1.165) is 31.4 Å². The van der Waals surface area contributed by atoms with Crippen LogP contribution < -0.4 is 5.73 Å². The van der Waals surface area contributed by atoms with E-state index in [1.54, 1.807) is 0 Å². The van der Waals surface area contributed by atoms with Crippen LogP contribution in [0.4, 0.5) is 0 Å². The number of nitrogens with two attached hydrogens (primary N) is 1. The molecule has 2 aromatic rings. The molecular weight excluding hydrogens is 250 g/mol. The normalized spacial score (nSPS) is 14.2. The number of rotatable bonds is 7. The monoisotopic (exact) mass is 273 g/mol. The van der Waals surface area contributed by atoms with Crippen molar-refractivity contribution in [1.29, 1.82) is 0 Å². The minimum Gasteiger partial charge on any atom is -0.394 e. The molecule has 0 fully saturated rings.